The molecule has 2 heterocycles. The van der Waals surface area contributed by atoms with E-state index in [1.54, 1.807) is 23.0 Å². The van der Waals surface area contributed by atoms with Crippen molar-refractivity contribution in [1.29, 1.82) is 0 Å². The van der Waals surface area contributed by atoms with E-state index in [9.17, 15) is 9.18 Å². The molecule has 0 fully saturated rings. The van der Waals surface area contributed by atoms with Crippen LogP contribution < -0.4 is 5.32 Å². The number of nitrogens with one attached hydrogen (secondary N) is 1. The molecule has 4 rings (SSSR count). The fourth-order valence-electron chi connectivity index (χ4n) is 2.83. The third-order valence-corrected chi connectivity index (χ3v) is 4.65. The van der Waals surface area contributed by atoms with Gasteiger partial charge in [-0.2, -0.15) is 0 Å². The van der Waals surface area contributed by atoms with Crippen LogP contribution in [0.5, 0.6) is 0 Å². The fraction of sp³-hybridized carbons (Fsp3) is 0.105. The second-order valence-electron chi connectivity index (χ2n) is 5.74. The third kappa shape index (κ3) is 3.21. The van der Waals surface area contributed by atoms with Crippen molar-refractivity contribution < 1.29 is 9.18 Å². The molecule has 1 atom stereocenters. The van der Waals surface area contributed by atoms with Crippen LogP contribution in [-0.4, -0.2) is 15.9 Å². The van der Waals surface area contributed by atoms with E-state index in [0.29, 0.717) is 23.3 Å². The average Bonchev–Trinajstić information content (AvgIpc) is 3.16. The first kappa shape index (κ1) is 15.7. The van der Waals surface area contributed by atoms with Crippen molar-refractivity contribution in [1.82, 2.24) is 9.97 Å². The molecule has 0 radical (unpaired) electrons. The summed E-state index contributed by atoms with van der Waals surface area (Å²) in [5, 5.41) is 5.47. The second-order valence-corrected chi connectivity index (χ2v) is 6.46. The normalized spacial score (nSPS) is 16.7. The van der Waals surface area contributed by atoms with Crippen LogP contribution in [0.15, 0.2) is 65.3 Å². The number of carbonyl (C=O) groups is 1. The molecule has 6 heteroatoms. The zero-order chi connectivity index (χ0) is 17.2. The standard InChI is InChI=1S/C19H14FN3OS/c20-14-5-1-4-13(9-14)15-8-7-12-3-2-6-16(18(12)22-15)23-19(24)17-10-25-11-21-17/h1-3,5-11,13H,4H2,(H,23,24). The smallest absolute Gasteiger partial charge is 0.275 e. The van der Waals surface area contributed by atoms with Crippen LogP contribution in [-0.2, 0) is 0 Å². The Morgan fingerprint density at radius 1 is 1.28 bits per heavy atom. The second kappa shape index (κ2) is 6.57. The minimum Gasteiger partial charge on any atom is -0.319 e. The Hall–Kier alpha value is -2.86. The highest BCUT2D eigenvalue weighted by molar-refractivity contribution is 7.07. The molecule has 1 aromatic carbocycles. The van der Waals surface area contributed by atoms with E-state index in [4.69, 9.17) is 4.98 Å². The van der Waals surface area contributed by atoms with E-state index in [0.717, 1.165) is 11.1 Å². The van der Waals surface area contributed by atoms with E-state index in [1.807, 2.05) is 30.3 Å². The van der Waals surface area contributed by atoms with Crippen LogP contribution in [0.2, 0.25) is 0 Å². The van der Waals surface area contributed by atoms with Gasteiger partial charge in [-0.1, -0.05) is 24.3 Å². The van der Waals surface area contributed by atoms with Crippen LogP contribution >= 0.6 is 11.3 Å². The first-order valence-corrected chi connectivity index (χ1v) is 8.78. The number of allylic oxidation sites excluding steroid dienone is 4. The van der Waals surface area contributed by atoms with Gasteiger partial charge in [-0.15, -0.1) is 11.3 Å². The van der Waals surface area contributed by atoms with Gasteiger partial charge < -0.3 is 5.32 Å². The van der Waals surface area contributed by atoms with E-state index in [-0.39, 0.29) is 17.7 Å². The number of anilines is 1. The lowest BCUT2D eigenvalue weighted by Crippen LogP contribution is -2.13. The number of amides is 1. The minimum atomic E-state index is -0.271. The summed E-state index contributed by atoms with van der Waals surface area (Å²) in [4.78, 5) is 21.0. The number of aromatic nitrogens is 2. The Kier molecular flexibility index (Phi) is 4.11. The summed E-state index contributed by atoms with van der Waals surface area (Å²) in [6.45, 7) is 0. The molecule has 3 aromatic rings. The first-order valence-electron chi connectivity index (χ1n) is 7.84. The highest BCUT2D eigenvalue weighted by Crippen LogP contribution is 2.30. The fourth-order valence-corrected chi connectivity index (χ4v) is 3.36. The van der Waals surface area contributed by atoms with Gasteiger partial charge in [-0.25, -0.2) is 9.37 Å². The average molecular weight is 351 g/mol. The van der Waals surface area contributed by atoms with Gasteiger partial charge in [0, 0.05) is 22.4 Å². The number of halogens is 1. The lowest BCUT2D eigenvalue weighted by Gasteiger charge is -2.15. The van der Waals surface area contributed by atoms with Crippen LogP contribution in [0, 0.1) is 0 Å². The summed E-state index contributed by atoms with van der Waals surface area (Å²) in [6, 6.07) is 9.45. The number of hydrogen-bond acceptors (Lipinski definition) is 4. The molecular formula is C19H14FN3OS. The molecule has 1 N–H and O–H groups in total. The van der Waals surface area contributed by atoms with Crippen molar-refractivity contribution in [2.75, 3.05) is 5.32 Å². The van der Waals surface area contributed by atoms with Gasteiger partial charge in [-0.3, -0.25) is 9.78 Å². The van der Waals surface area contributed by atoms with Gasteiger partial charge in [0.25, 0.3) is 5.91 Å². The number of pyridine rings is 1. The predicted molar refractivity (Wildman–Crippen MR) is 97.5 cm³/mol. The number of thiazole rings is 1. The molecule has 1 unspecified atom stereocenters. The van der Waals surface area contributed by atoms with Gasteiger partial charge in [0.05, 0.1) is 16.7 Å². The van der Waals surface area contributed by atoms with E-state index in [1.165, 1.54) is 17.4 Å². The van der Waals surface area contributed by atoms with Crippen molar-refractivity contribution in [2.45, 2.75) is 12.3 Å². The maximum Gasteiger partial charge on any atom is 0.275 e. The Labute approximate surface area is 147 Å². The molecule has 0 aliphatic heterocycles. The summed E-state index contributed by atoms with van der Waals surface area (Å²) >= 11 is 1.37. The molecular weight excluding hydrogens is 337 g/mol. The molecule has 0 bridgehead atoms. The lowest BCUT2D eigenvalue weighted by atomic mass is 9.95. The highest BCUT2D eigenvalue weighted by atomic mass is 32.1. The maximum absolute atomic E-state index is 13.5. The molecule has 4 nitrogen and oxygen atoms in total. The molecule has 1 aliphatic carbocycles. The summed E-state index contributed by atoms with van der Waals surface area (Å²) in [5.74, 6) is -0.618. The Morgan fingerprint density at radius 3 is 3.00 bits per heavy atom. The van der Waals surface area contributed by atoms with Crippen molar-refractivity contribution in [3.05, 3.63) is 76.7 Å². The minimum absolute atomic E-state index is 0.100. The van der Waals surface area contributed by atoms with Crippen LogP contribution in [0.1, 0.15) is 28.5 Å². The van der Waals surface area contributed by atoms with Gasteiger partial charge in [0.1, 0.15) is 11.5 Å². The molecule has 25 heavy (non-hydrogen) atoms. The SMILES string of the molecule is O=C(Nc1cccc2ccc(C3C=C(F)C=CC3)nc12)c1cscn1. The van der Waals surface area contributed by atoms with Crippen LogP contribution in [0.4, 0.5) is 10.1 Å². The van der Waals surface area contributed by atoms with Crippen LogP contribution in [0.3, 0.4) is 0 Å². The highest BCUT2D eigenvalue weighted by Gasteiger charge is 2.16. The van der Waals surface area contributed by atoms with Gasteiger partial charge in [0.15, 0.2) is 0 Å². The lowest BCUT2D eigenvalue weighted by molar-refractivity contribution is 0.102. The molecule has 1 amide bonds. The zero-order valence-electron chi connectivity index (χ0n) is 13.1. The van der Waals surface area contributed by atoms with Crippen LogP contribution in [0.25, 0.3) is 10.9 Å². The third-order valence-electron chi connectivity index (χ3n) is 4.06. The van der Waals surface area contributed by atoms with Crippen molar-refractivity contribution in [3.63, 3.8) is 0 Å². The van der Waals surface area contributed by atoms with Gasteiger partial charge >= 0.3 is 0 Å². The Bertz CT molecular complexity index is 995. The van der Waals surface area contributed by atoms with Crippen molar-refractivity contribution in [3.8, 4) is 0 Å². The zero-order valence-corrected chi connectivity index (χ0v) is 14.0. The van der Waals surface area contributed by atoms with Crippen molar-refractivity contribution >= 4 is 33.8 Å². The molecule has 0 spiro atoms. The molecule has 0 saturated heterocycles. The van der Waals surface area contributed by atoms with Gasteiger partial charge in [-0.05, 0) is 30.7 Å². The number of hydrogen-bond donors (Lipinski definition) is 1. The quantitative estimate of drug-likeness (QED) is 0.734. The molecule has 124 valence electrons. The number of fused-ring (bicyclic) bond motifs is 1. The predicted octanol–water partition coefficient (Wildman–Crippen LogP) is 4.84. The number of rotatable bonds is 3. The summed E-state index contributed by atoms with van der Waals surface area (Å²) < 4.78 is 13.5. The molecule has 0 saturated carbocycles. The first-order chi connectivity index (χ1) is 12.2. The summed E-state index contributed by atoms with van der Waals surface area (Å²) in [6.07, 6.45) is 5.56. The largest absolute Gasteiger partial charge is 0.319 e. The molecule has 2 aromatic heterocycles. The number of para-hydroxylation sites is 1. The number of benzene rings is 1. The van der Waals surface area contributed by atoms with E-state index >= 15 is 0 Å². The van der Waals surface area contributed by atoms with E-state index < -0.39 is 0 Å². The Balaban J connectivity index is 1.71. The topological polar surface area (TPSA) is 54.9 Å². The monoisotopic (exact) mass is 351 g/mol. The Morgan fingerprint density at radius 2 is 2.20 bits per heavy atom. The van der Waals surface area contributed by atoms with Gasteiger partial charge in [0.2, 0.25) is 0 Å². The maximum atomic E-state index is 13.5. The molecule has 1 aliphatic rings. The summed E-state index contributed by atoms with van der Waals surface area (Å²) in [7, 11) is 0. The van der Waals surface area contributed by atoms with Crippen molar-refractivity contribution in [2.24, 2.45) is 0 Å². The number of nitrogens with zero attached hydrogens (tertiary/aromatic N) is 2. The van der Waals surface area contributed by atoms with E-state index in [2.05, 4.69) is 10.3 Å². The summed E-state index contributed by atoms with van der Waals surface area (Å²) in [5.41, 5.74) is 4.08. The number of carbonyl (C=O) groups excluding carboxylic acids is 1.